The van der Waals surface area contributed by atoms with E-state index >= 15 is 0 Å². The Balaban J connectivity index is 2.59. The van der Waals surface area contributed by atoms with Crippen LogP contribution in [0.1, 0.15) is 44.6 Å². The summed E-state index contributed by atoms with van der Waals surface area (Å²) in [5.74, 6) is 0.413. The van der Waals surface area contributed by atoms with Crippen molar-refractivity contribution in [2.45, 2.75) is 51.1 Å². The van der Waals surface area contributed by atoms with Gasteiger partial charge >= 0.3 is 10.1 Å². The van der Waals surface area contributed by atoms with Gasteiger partial charge in [-0.3, -0.25) is 0 Å². The monoisotopic (exact) mass is 420 g/mol. The van der Waals surface area contributed by atoms with E-state index in [1.807, 2.05) is 20.8 Å². The molecule has 1 aromatic carbocycles. The first-order valence-corrected chi connectivity index (χ1v) is 10.5. The molecule has 26 heavy (non-hydrogen) atoms. The Morgan fingerprint density at radius 3 is 2.35 bits per heavy atom. The molecule has 144 valence electrons. The highest BCUT2D eigenvalue weighted by molar-refractivity contribution is 7.87. The molecule has 0 bridgehead atoms. The fraction of sp³-hybridized carbons (Fsp3) is 0.471. The minimum atomic E-state index is -4.17. The van der Waals surface area contributed by atoms with Gasteiger partial charge in [0.2, 0.25) is 0 Å². The summed E-state index contributed by atoms with van der Waals surface area (Å²) in [6, 6.07) is 4.26. The van der Waals surface area contributed by atoms with E-state index < -0.39 is 10.1 Å². The van der Waals surface area contributed by atoms with Crippen LogP contribution >= 0.6 is 23.2 Å². The van der Waals surface area contributed by atoms with Crippen LogP contribution in [0.4, 0.5) is 0 Å². The molecule has 0 amide bonds. The zero-order valence-electron chi connectivity index (χ0n) is 14.9. The van der Waals surface area contributed by atoms with Crippen LogP contribution in [0.3, 0.4) is 0 Å². The average molecular weight is 421 g/mol. The maximum absolute atomic E-state index is 13.0. The van der Waals surface area contributed by atoms with E-state index in [1.165, 1.54) is 18.2 Å². The summed E-state index contributed by atoms with van der Waals surface area (Å²) in [6.07, 6.45) is 0.968. The average Bonchev–Trinajstić information content (AvgIpc) is 2.86. The van der Waals surface area contributed by atoms with Gasteiger partial charge in [0, 0.05) is 35.1 Å². The molecule has 6 nitrogen and oxygen atoms in total. The lowest BCUT2D eigenvalue weighted by atomic mass is 10.1. The van der Waals surface area contributed by atoms with E-state index in [2.05, 4.69) is 4.98 Å². The van der Waals surface area contributed by atoms with Gasteiger partial charge < -0.3 is 13.9 Å². The van der Waals surface area contributed by atoms with Crippen molar-refractivity contribution in [1.29, 1.82) is 0 Å². The molecule has 1 N–H and O–H groups in total. The fourth-order valence-electron chi connectivity index (χ4n) is 2.63. The topological polar surface area (TPSA) is 81.4 Å². The quantitative estimate of drug-likeness (QED) is 0.651. The Morgan fingerprint density at radius 1 is 1.23 bits per heavy atom. The molecule has 0 unspecified atom stereocenters. The number of aromatic nitrogens is 2. The number of halogens is 2. The SMILES string of the molecule is CCCn1c(CCO)nc(C(C)C)c1S(=O)(=O)Oc1cc(Cl)cc(Cl)c1. The lowest BCUT2D eigenvalue weighted by Gasteiger charge is -2.14. The second-order valence-electron chi connectivity index (χ2n) is 6.14. The van der Waals surface area contributed by atoms with Crippen LogP contribution in [0.2, 0.25) is 10.0 Å². The molecule has 0 aliphatic carbocycles. The number of aliphatic hydroxyl groups excluding tert-OH is 1. The van der Waals surface area contributed by atoms with Crippen LogP contribution < -0.4 is 4.18 Å². The Kier molecular flexibility index (Phi) is 6.96. The number of benzene rings is 1. The van der Waals surface area contributed by atoms with Gasteiger partial charge in [0.15, 0.2) is 5.03 Å². The third-order valence-electron chi connectivity index (χ3n) is 3.63. The molecule has 0 saturated heterocycles. The van der Waals surface area contributed by atoms with E-state index in [0.29, 0.717) is 24.5 Å². The highest BCUT2D eigenvalue weighted by atomic mass is 35.5. The predicted molar refractivity (Wildman–Crippen MR) is 102 cm³/mol. The number of rotatable bonds is 8. The van der Waals surface area contributed by atoms with Crippen LogP contribution in [0.5, 0.6) is 5.75 Å². The summed E-state index contributed by atoms with van der Waals surface area (Å²) >= 11 is 11.9. The Labute approximate surface area is 163 Å². The highest BCUT2D eigenvalue weighted by Gasteiger charge is 2.31. The van der Waals surface area contributed by atoms with Gasteiger partial charge in [-0.15, -0.1) is 0 Å². The summed E-state index contributed by atoms with van der Waals surface area (Å²) in [6.45, 7) is 5.98. The number of nitrogens with zero attached hydrogens (tertiary/aromatic N) is 2. The van der Waals surface area contributed by atoms with Crippen molar-refractivity contribution in [3.8, 4) is 5.75 Å². The van der Waals surface area contributed by atoms with Crippen molar-refractivity contribution < 1.29 is 17.7 Å². The Hall–Kier alpha value is -1.28. The van der Waals surface area contributed by atoms with Crippen LogP contribution in [0, 0.1) is 0 Å². The zero-order chi connectivity index (χ0) is 19.5. The van der Waals surface area contributed by atoms with Crippen LogP contribution in [-0.2, 0) is 23.1 Å². The molecule has 2 aromatic rings. The van der Waals surface area contributed by atoms with Gasteiger partial charge in [-0.05, 0) is 18.4 Å². The molecule has 1 aromatic heterocycles. The number of hydrogen-bond donors (Lipinski definition) is 1. The second-order valence-corrected chi connectivity index (χ2v) is 8.48. The molecular weight excluding hydrogens is 399 g/mol. The van der Waals surface area contributed by atoms with Gasteiger partial charge in [0.05, 0.1) is 12.3 Å². The molecule has 0 saturated carbocycles. The predicted octanol–water partition coefficient (Wildman–Crippen LogP) is 4.03. The van der Waals surface area contributed by atoms with Crippen molar-refractivity contribution in [2.75, 3.05) is 6.61 Å². The van der Waals surface area contributed by atoms with E-state index in [4.69, 9.17) is 27.4 Å². The molecular formula is C17H22Cl2N2O4S. The first kappa shape index (κ1) is 21.0. The molecule has 0 radical (unpaired) electrons. The van der Waals surface area contributed by atoms with E-state index in [-0.39, 0.29) is 39.8 Å². The largest absolute Gasteiger partial charge is 0.396 e. The maximum atomic E-state index is 13.0. The van der Waals surface area contributed by atoms with E-state index in [1.54, 1.807) is 4.57 Å². The van der Waals surface area contributed by atoms with E-state index in [9.17, 15) is 13.5 Å². The Bertz CT molecular complexity index is 859. The number of hydrogen-bond acceptors (Lipinski definition) is 5. The van der Waals surface area contributed by atoms with Crippen LogP contribution in [0.15, 0.2) is 23.2 Å². The molecule has 0 atom stereocenters. The first-order valence-electron chi connectivity index (χ1n) is 8.30. The molecule has 0 aliphatic rings. The van der Waals surface area contributed by atoms with Gasteiger partial charge in [-0.25, -0.2) is 4.98 Å². The van der Waals surface area contributed by atoms with Crippen molar-refractivity contribution in [3.05, 3.63) is 39.8 Å². The van der Waals surface area contributed by atoms with Crippen molar-refractivity contribution in [1.82, 2.24) is 9.55 Å². The summed E-state index contributed by atoms with van der Waals surface area (Å²) in [4.78, 5) is 4.45. The van der Waals surface area contributed by atoms with Crippen molar-refractivity contribution >= 4 is 33.3 Å². The lowest BCUT2D eigenvalue weighted by molar-refractivity contribution is 0.293. The van der Waals surface area contributed by atoms with Gasteiger partial charge in [0.25, 0.3) is 0 Å². The molecule has 1 heterocycles. The van der Waals surface area contributed by atoms with Crippen molar-refractivity contribution in [3.63, 3.8) is 0 Å². The zero-order valence-corrected chi connectivity index (χ0v) is 17.2. The number of aliphatic hydroxyl groups is 1. The van der Waals surface area contributed by atoms with Gasteiger partial charge in [-0.2, -0.15) is 8.42 Å². The summed E-state index contributed by atoms with van der Waals surface area (Å²) in [5.41, 5.74) is 0.412. The summed E-state index contributed by atoms with van der Waals surface area (Å²) in [5, 5.41) is 9.84. The molecule has 0 aliphatic heterocycles. The summed E-state index contributed by atoms with van der Waals surface area (Å²) in [7, 11) is -4.17. The fourth-order valence-corrected chi connectivity index (χ4v) is 4.57. The molecule has 2 rings (SSSR count). The minimum absolute atomic E-state index is 0.00824. The van der Waals surface area contributed by atoms with E-state index in [0.717, 1.165) is 0 Å². The molecule has 0 spiro atoms. The smallest absolute Gasteiger partial charge is 0.357 e. The number of imidazole rings is 1. The third kappa shape index (κ3) is 4.71. The second kappa shape index (κ2) is 8.61. The van der Waals surface area contributed by atoms with Crippen molar-refractivity contribution in [2.24, 2.45) is 0 Å². The molecule has 0 fully saturated rings. The minimum Gasteiger partial charge on any atom is -0.396 e. The maximum Gasteiger partial charge on any atom is 0.357 e. The molecule has 9 heteroatoms. The highest BCUT2D eigenvalue weighted by Crippen LogP contribution is 2.30. The standard InChI is InChI=1S/C17H22Cl2N2O4S/c1-4-6-21-15(5-7-22)20-16(11(2)3)17(21)26(23,24)25-14-9-12(18)8-13(19)10-14/h8-11,22H,4-7H2,1-3H3. The van der Waals surface area contributed by atoms with Gasteiger partial charge in [0.1, 0.15) is 11.6 Å². The van der Waals surface area contributed by atoms with Crippen LogP contribution in [-0.4, -0.2) is 29.7 Å². The lowest BCUT2D eigenvalue weighted by Crippen LogP contribution is -2.18. The first-order chi connectivity index (χ1) is 12.2. The summed E-state index contributed by atoms with van der Waals surface area (Å²) < 4.78 is 33.0. The Morgan fingerprint density at radius 2 is 1.85 bits per heavy atom. The normalized spacial score (nSPS) is 12.0. The third-order valence-corrected chi connectivity index (χ3v) is 5.39. The van der Waals surface area contributed by atoms with Crippen LogP contribution in [0.25, 0.3) is 0 Å². The van der Waals surface area contributed by atoms with Gasteiger partial charge in [-0.1, -0.05) is 44.0 Å².